The minimum Gasteiger partial charge on any atom is -0.390 e. The highest BCUT2D eigenvalue weighted by Gasteiger charge is 2.69. The Hall–Kier alpha value is -1.25. The molecule has 4 aliphatic carbocycles. The van der Waals surface area contributed by atoms with Crippen LogP contribution < -0.4 is 0 Å². The number of rotatable bonds is 6. The number of halogens is 5. The molecular weight excluding hydrogens is 515 g/mol. The second-order valence-electron chi connectivity index (χ2n) is 13.8. The molecule has 3 nitrogen and oxygen atoms in total. The maximum absolute atomic E-state index is 16.0. The number of hydrogen-bond donors (Lipinski definition) is 3. The second kappa shape index (κ2) is 10.2. The first kappa shape index (κ1) is 29.2. The third-order valence-electron chi connectivity index (χ3n) is 12.0. The molecule has 220 valence electrons. The molecule has 4 saturated carbocycles. The summed E-state index contributed by atoms with van der Waals surface area (Å²) >= 11 is 0. The number of aliphatic hydroxyl groups is 3. The van der Waals surface area contributed by atoms with Gasteiger partial charge in [-0.3, -0.25) is 0 Å². The van der Waals surface area contributed by atoms with Gasteiger partial charge in [-0.15, -0.1) is 0 Å². The summed E-state index contributed by atoms with van der Waals surface area (Å²) in [7, 11) is 0. The van der Waals surface area contributed by atoms with Crippen LogP contribution in [0.25, 0.3) is 0 Å². The number of benzene rings is 1. The maximum Gasteiger partial charge on any atom is 0.251 e. The van der Waals surface area contributed by atoms with E-state index in [1.807, 2.05) is 0 Å². The predicted octanol–water partition coefficient (Wildman–Crippen LogP) is 7.18. The van der Waals surface area contributed by atoms with E-state index in [0.29, 0.717) is 44.2 Å². The Morgan fingerprint density at radius 2 is 1.49 bits per heavy atom. The summed E-state index contributed by atoms with van der Waals surface area (Å²) in [5.41, 5.74) is -1.16. The number of alkyl halides is 2. The van der Waals surface area contributed by atoms with Crippen molar-refractivity contribution in [3.05, 3.63) is 35.1 Å². The van der Waals surface area contributed by atoms with Crippen molar-refractivity contribution in [1.29, 1.82) is 0 Å². The van der Waals surface area contributed by atoms with Gasteiger partial charge in [-0.25, -0.2) is 22.0 Å². The van der Waals surface area contributed by atoms with Gasteiger partial charge in [0.2, 0.25) is 0 Å². The first-order valence-electron chi connectivity index (χ1n) is 14.8. The lowest BCUT2D eigenvalue weighted by Gasteiger charge is -2.63. The van der Waals surface area contributed by atoms with Crippen LogP contribution in [0.3, 0.4) is 0 Å². The van der Waals surface area contributed by atoms with Crippen molar-refractivity contribution in [3.63, 3.8) is 0 Å². The molecule has 3 N–H and O–H groups in total. The van der Waals surface area contributed by atoms with Crippen LogP contribution in [0.5, 0.6) is 0 Å². The van der Waals surface area contributed by atoms with E-state index in [9.17, 15) is 28.5 Å². The molecule has 0 bridgehead atoms. The van der Waals surface area contributed by atoms with Gasteiger partial charge in [0.05, 0.1) is 23.9 Å². The van der Waals surface area contributed by atoms with Gasteiger partial charge in [-0.05, 0) is 85.4 Å². The average Bonchev–Trinajstić information content (AvgIpc) is 3.19. The predicted molar refractivity (Wildman–Crippen MR) is 137 cm³/mol. The Labute approximate surface area is 228 Å². The topological polar surface area (TPSA) is 60.7 Å². The maximum atomic E-state index is 16.0. The van der Waals surface area contributed by atoms with Crippen molar-refractivity contribution >= 4 is 0 Å². The monoisotopic (exact) mass is 558 g/mol. The van der Waals surface area contributed by atoms with Crippen LogP contribution in [-0.4, -0.2) is 33.5 Å². The fraction of sp³-hybridized carbons (Fsp3) is 0.806. The quantitative estimate of drug-likeness (QED) is 0.324. The zero-order valence-electron chi connectivity index (χ0n) is 23.2. The molecule has 1 aromatic rings. The van der Waals surface area contributed by atoms with Gasteiger partial charge >= 0.3 is 0 Å². The van der Waals surface area contributed by atoms with Crippen molar-refractivity contribution in [2.45, 2.75) is 109 Å². The van der Waals surface area contributed by atoms with Crippen LogP contribution in [0, 0.1) is 63.8 Å². The molecule has 5 rings (SSSR count). The summed E-state index contributed by atoms with van der Waals surface area (Å²) in [6.45, 7) is 6.35. The fourth-order valence-electron chi connectivity index (χ4n) is 10.0. The molecule has 1 unspecified atom stereocenters. The summed E-state index contributed by atoms with van der Waals surface area (Å²) in [4.78, 5) is 0. The molecule has 0 aliphatic heterocycles. The molecule has 39 heavy (non-hydrogen) atoms. The summed E-state index contributed by atoms with van der Waals surface area (Å²) in [6, 6.07) is 1.14. The van der Waals surface area contributed by atoms with E-state index in [1.54, 1.807) is 0 Å². The molecular formula is C31H43F5O3. The van der Waals surface area contributed by atoms with Crippen molar-refractivity contribution < 1.29 is 37.3 Å². The Bertz CT molecular complexity index is 1040. The van der Waals surface area contributed by atoms with Gasteiger partial charge in [0.15, 0.2) is 0 Å². The highest BCUT2D eigenvalue weighted by Crippen LogP contribution is 2.71. The van der Waals surface area contributed by atoms with Gasteiger partial charge in [-0.1, -0.05) is 33.6 Å². The number of hydrogen-bond acceptors (Lipinski definition) is 3. The lowest BCUT2D eigenvalue weighted by Crippen LogP contribution is -2.64. The molecule has 0 amide bonds. The van der Waals surface area contributed by atoms with Gasteiger partial charge in [0.25, 0.3) is 5.92 Å². The van der Waals surface area contributed by atoms with E-state index in [0.717, 1.165) is 19.3 Å². The van der Waals surface area contributed by atoms with Crippen LogP contribution >= 0.6 is 0 Å². The molecule has 0 heterocycles. The summed E-state index contributed by atoms with van der Waals surface area (Å²) in [6.07, 6.45) is 1.79. The first-order valence-corrected chi connectivity index (χ1v) is 14.8. The van der Waals surface area contributed by atoms with Crippen LogP contribution in [0.15, 0.2) is 12.1 Å². The zero-order valence-corrected chi connectivity index (χ0v) is 23.2. The minimum absolute atomic E-state index is 0.117. The lowest BCUT2D eigenvalue weighted by atomic mass is 9.43. The van der Waals surface area contributed by atoms with E-state index < -0.39 is 64.5 Å². The second-order valence-corrected chi connectivity index (χ2v) is 13.8. The average molecular weight is 559 g/mol. The van der Waals surface area contributed by atoms with Crippen LogP contribution in [-0.2, 0) is 0 Å². The van der Waals surface area contributed by atoms with E-state index in [2.05, 4.69) is 20.8 Å². The summed E-state index contributed by atoms with van der Waals surface area (Å²) < 4.78 is 73.3. The van der Waals surface area contributed by atoms with Gasteiger partial charge in [0.1, 0.15) is 17.5 Å². The lowest BCUT2D eigenvalue weighted by molar-refractivity contribution is -0.258. The number of fused-ring (bicyclic) bond motifs is 5. The van der Waals surface area contributed by atoms with Crippen molar-refractivity contribution in [3.8, 4) is 0 Å². The highest BCUT2D eigenvalue weighted by molar-refractivity contribution is 5.23. The van der Waals surface area contributed by atoms with Crippen molar-refractivity contribution in [2.75, 3.05) is 0 Å². The van der Waals surface area contributed by atoms with Gasteiger partial charge in [-0.2, -0.15) is 0 Å². The SMILES string of the molecule is C[C@H](CCCC(O)c1c(F)cc(F)cc1F)[C@H]1CC[C@H]2[C@H]3[C@H](CC[C@]12C)[C@@]1(C)CC[C@H](O)[C@H](O)[C@@H]1CC3(F)F. The van der Waals surface area contributed by atoms with Crippen molar-refractivity contribution in [1.82, 2.24) is 0 Å². The van der Waals surface area contributed by atoms with E-state index in [4.69, 9.17) is 0 Å². The molecule has 1 aromatic carbocycles. The molecule has 4 aliphatic rings. The van der Waals surface area contributed by atoms with Crippen LogP contribution in [0.1, 0.15) is 96.6 Å². The Kier molecular flexibility index (Phi) is 7.67. The van der Waals surface area contributed by atoms with Gasteiger partial charge in [0, 0.05) is 24.5 Å². The van der Waals surface area contributed by atoms with Crippen LogP contribution in [0.2, 0.25) is 0 Å². The van der Waals surface area contributed by atoms with E-state index >= 15 is 8.78 Å². The molecule has 0 saturated heterocycles. The minimum atomic E-state index is -2.90. The Morgan fingerprint density at radius 3 is 2.15 bits per heavy atom. The van der Waals surface area contributed by atoms with Crippen LogP contribution in [0.4, 0.5) is 22.0 Å². The summed E-state index contributed by atoms with van der Waals surface area (Å²) in [5.74, 6) is -7.32. The van der Waals surface area contributed by atoms with Gasteiger partial charge < -0.3 is 15.3 Å². The summed E-state index contributed by atoms with van der Waals surface area (Å²) in [5, 5.41) is 31.3. The fourth-order valence-corrected chi connectivity index (χ4v) is 10.0. The molecule has 4 fully saturated rings. The first-order chi connectivity index (χ1) is 18.2. The van der Waals surface area contributed by atoms with E-state index in [1.165, 1.54) is 0 Å². The smallest absolute Gasteiger partial charge is 0.251 e. The molecule has 0 aromatic heterocycles. The zero-order chi connectivity index (χ0) is 28.5. The highest BCUT2D eigenvalue weighted by atomic mass is 19.3. The van der Waals surface area contributed by atoms with Crippen molar-refractivity contribution in [2.24, 2.45) is 46.3 Å². The molecule has 11 atom stereocenters. The largest absolute Gasteiger partial charge is 0.390 e. The molecule has 8 heteroatoms. The Morgan fingerprint density at radius 1 is 0.872 bits per heavy atom. The third kappa shape index (κ3) is 4.74. The molecule has 0 spiro atoms. The normalized spacial score (nSPS) is 42.8. The molecule has 0 radical (unpaired) electrons. The Balaban J connectivity index is 1.27. The third-order valence-corrected chi connectivity index (χ3v) is 12.0. The van der Waals surface area contributed by atoms with E-state index in [-0.39, 0.29) is 41.9 Å². The standard InChI is InChI=1S/C31H43F5O3/c1-16(5-4-6-24(37)26-22(33)13-17(32)14-23(26)34)18-7-8-19-27-20(9-11-29(18,19)2)30(3)12-10-25(38)28(39)21(30)15-31(27,35)36/h13-14,16,18-21,24-25,27-28,37-39H,4-12,15H2,1-3H3/t16-,18-,19+,20+,21+,24?,25+,27+,28-,29-,30-/m1/s1. The number of aliphatic hydroxyl groups excluding tert-OH is 3.